The van der Waals surface area contributed by atoms with Gasteiger partial charge in [0.05, 0.1) is 43.8 Å². The van der Waals surface area contributed by atoms with Crippen LogP contribution in [0.3, 0.4) is 0 Å². The van der Waals surface area contributed by atoms with E-state index in [9.17, 15) is 13.2 Å². The zero-order valence-electron chi connectivity index (χ0n) is 14.5. The first kappa shape index (κ1) is 17.0. The Labute approximate surface area is 148 Å². The zero-order chi connectivity index (χ0) is 17.6. The summed E-state index contributed by atoms with van der Waals surface area (Å²) in [7, 11) is -3.19. The van der Waals surface area contributed by atoms with Crippen LogP contribution in [0.1, 0.15) is 30.7 Å². The van der Waals surface area contributed by atoms with E-state index in [1.165, 1.54) is 29.8 Å². The maximum absolute atomic E-state index is 12.2. The summed E-state index contributed by atoms with van der Waals surface area (Å²) in [6.45, 7) is 3.25. The van der Waals surface area contributed by atoms with E-state index in [4.69, 9.17) is 0 Å². The third-order valence-corrected chi connectivity index (χ3v) is 6.87. The molecule has 1 aliphatic carbocycles. The Bertz CT molecular complexity index is 775. The number of nitrogens with one attached hydrogen (secondary N) is 1. The second kappa shape index (κ2) is 6.37. The van der Waals surface area contributed by atoms with Crippen molar-refractivity contribution in [2.24, 2.45) is 5.92 Å². The molecule has 0 radical (unpaired) electrons. The minimum atomic E-state index is -3.19. The topological polar surface area (TPSA) is 87.5 Å². The lowest BCUT2D eigenvalue weighted by molar-refractivity contribution is -0.122. The van der Waals surface area contributed by atoms with Crippen molar-refractivity contribution in [3.8, 4) is 0 Å². The molecule has 3 heterocycles. The van der Waals surface area contributed by atoms with Crippen LogP contribution in [0, 0.1) is 5.92 Å². The molecular weight excluding hydrogens is 342 g/mol. The zero-order valence-corrected chi connectivity index (χ0v) is 15.3. The van der Waals surface area contributed by atoms with Gasteiger partial charge in [0.1, 0.15) is 0 Å². The molecular formula is C16H25N5O3S. The van der Waals surface area contributed by atoms with Crippen LogP contribution in [0.2, 0.25) is 0 Å². The molecule has 1 N–H and O–H groups in total. The van der Waals surface area contributed by atoms with Crippen LogP contribution in [0.25, 0.3) is 0 Å². The quantitative estimate of drug-likeness (QED) is 0.776. The summed E-state index contributed by atoms with van der Waals surface area (Å²) in [6.07, 6.45) is 5.01. The fourth-order valence-corrected chi connectivity index (χ4v) is 5.10. The summed E-state index contributed by atoms with van der Waals surface area (Å²) >= 11 is 0. The van der Waals surface area contributed by atoms with Crippen molar-refractivity contribution in [2.75, 3.05) is 25.9 Å². The van der Waals surface area contributed by atoms with E-state index >= 15 is 0 Å². The molecule has 0 unspecified atom stereocenters. The first-order valence-corrected chi connectivity index (χ1v) is 10.7. The largest absolute Gasteiger partial charge is 0.349 e. The monoisotopic (exact) mass is 367 g/mol. The fraction of sp³-hybridized carbons (Fsp3) is 0.750. The Balaban J connectivity index is 1.30. The van der Waals surface area contributed by atoms with Gasteiger partial charge in [-0.15, -0.1) is 0 Å². The highest BCUT2D eigenvalue weighted by molar-refractivity contribution is 7.88. The van der Waals surface area contributed by atoms with Gasteiger partial charge in [0.15, 0.2) is 0 Å². The van der Waals surface area contributed by atoms with Crippen LogP contribution in [0.15, 0.2) is 6.07 Å². The normalized spacial score (nSPS) is 26.8. The lowest BCUT2D eigenvalue weighted by Gasteiger charge is -2.25. The van der Waals surface area contributed by atoms with E-state index in [0.29, 0.717) is 38.8 Å². The Kier molecular flexibility index (Phi) is 4.33. The third kappa shape index (κ3) is 3.58. The second-order valence-electron chi connectivity index (χ2n) is 7.49. The van der Waals surface area contributed by atoms with Crippen molar-refractivity contribution in [1.82, 2.24) is 24.3 Å². The molecule has 1 amide bonds. The summed E-state index contributed by atoms with van der Waals surface area (Å²) in [5, 5.41) is 7.42. The summed E-state index contributed by atoms with van der Waals surface area (Å²) in [5.41, 5.74) is 1.65. The number of aromatic nitrogens is 2. The van der Waals surface area contributed by atoms with Crippen molar-refractivity contribution in [3.05, 3.63) is 17.5 Å². The molecule has 9 heteroatoms. The number of carbonyl (C=O) groups excluding carboxylic acids is 1. The molecule has 3 aliphatic rings. The van der Waals surface area contributed by atoms with Gasteiger partial charge in [0, 0.05) is 19.1 Å². The summed E-state index contributed by atoms with van der Waals surface area (Å²) in [5.74, 6) is 0.826. The number of likely N-dealkylation sites (tertiary alicyclic amines) is 1. The van der Waals surface area contributed by atoms with Crippen LogP contribution in [-0.2, 0) is 34.5 Å². The Morgan fingerprint density at radius 3 is 2.88 bits per heavy atom. The van der Waals surface area contributed by atoms with Crippen molar-refractivity contribution in [1.29, 1.82) is 0 Å². The van der Waals surface area contributed by atoms with Crippen molar-refractivity contribution < 1.29 is 13.2 Å². The van der Waals surface area contributed by atoms with Crippen molar-refractivity contribution in [2.45, 2.75) is 44.9 Å². The predicted molar refractivity (Wildman–Crippen MR) is 92.0 cm³/mol. The lowest BCUT2D eigenvalue weighted by atomic mass is 10.1. The van der Waals surface area contributed by atoms with Gasteiger partial charge in [-0.25, -0.2) is 8.42 Å². The number of hydrogen-bond donors (Lipinski definition) is 1. The van der Waals surface area contributed by atoms with Gasteiger partial charge < -0.3 is 5.32 Å². The van der Waals surface area contributed by atoms with Gasteiger partial charge in [0.25, 0.3) is 0 Å². The molecule has 25 heavy (non-hydrogen) atoms. The summed E-state index contributed by atoms with van der Waals surface area (Å²) < 4.78 is 26.6. The molecule has 8 nitrogen and oxygen atoms in total. The lowest BCUT2D eigenvalue weighted by Crippen LogP contribution is -2.41. The van der Waals surface area contributed by atoms with E-state index in [1.54, 1.807) is 0 Å². The maximum atomic E-state index is 12.2. The number of amides is 1. The van der Waals surface area contributed by atoms with Gasteiger partial charge in [0.2, 0.25) is 15.9 Å². The molecule has 1 saturated heterocycles. The standard InChI is InChI=1S/C16H25N5O3S/c1-25(23,24)20-4-5-21-15(10-20)7-13(18-21)8-17-16(22)11-19-9-12-2-3-14(19)6-12/h7,12,14H,2-6,8-11H2,1H3,(H,17,22)/t12-,14+/m1/s1. The molecule has 1 aromatic heterocycles. The van der Waals surface area contributed by atoms with E-state index < -0.39 is 10.0 Å². The van der Waals surface area contributed by atoms with Crippen LogP contribution in [0.5, 0.6) is 0 Å². The first-order valence-electron chi connectivity index (χ1n) is 8.90. The molecule has 1 aromatic rings. The molecule has 2 fully saturated rings. The fourth-order valence-electron chi connectivity index (χ4n) is 4.32. The number of rotatable bonds is 5. The number of sulfonamides is 1. The SMILES string of the molecule is CS(=O)(=O)N1CCn2nc(CNC(=O)CN3C[C@@H]4CC[C@H]3C4)cc2C1. The highest BCUT2D eigenvalue weighted by Gasteiger charge is 2.38. The number of carbonyl (C=O) groups is 1. The number of piperidine rings is 1. The van der Waals surface area contributed by atoms with Crippen molar-refractivity contribution in [3.63, 3.8) is 0 Å². The minimum Gasteiger partial charge on any atom is -0.349 e. The van der Waals surface area contributed by atoms with E-state index in [-0.39, 0.29) is 5.91 Å². The van der Waals surface area contributed by atoms with E-state index in [1.807, 2.05) is 10.7 Å². The average molecular weight is 367 g/mol. The Morgan fingerprint density at radius 1 is 1.36 bits per heavy atom. The number of hydrogen-bond acceptors (Lipinski definition) is 5. The van der Waals surface area contributed by atoms with Crippen LogP contribution in [-0.4, -0.2) is 65.2 Å². The maximum Gasteiger partial charge on any atom is 0.234 e. The number of nitrogens with zero attached hydrogens (tertiary/aromatic N) is 4. The molecule has 138 valence electrons. The first-order chi connectivity index (χ1) is 11.9. The summed E-state index contributed by atoms with van der Waals surface area (Å²) in [6, 6.07) is 2.48. The van der Waals surface area contributed by atoms with Gasteiger partial charge in [-0.05, 0) is 31.2 Å². The minimum absolute atomic E-state index is 0.0382. The van der Waals surface area contributed by atoms with Crippen LogP contribution < -0.4 is 5.32 Å². The van der Waals surface area contributed by atoms with Gasteiger partial charge >= 0.3 is 0 Å². The highest BCUT2D eigenvalue weighted by atomic mass is 32.2. The van der Waals surface area contributed by atoms with Crippen molar-refractivity contribution >= 4 is 15.9 Å². The van der Waals surface area contributed by atoms with E-state index in [0.717, 1.165) is 23.9 Å². The average Bonchev–Trinajstić information content (AvgIpc) is 3.25. The molecule has 0 aromatic carbocycles. The molecule has 4 rings (SSSR count). The predicted octanol–water partition coefficient (Wildman–Crippen LogP) is -0.241. The summed E-state index contributed by atoms with van der Waals surface area (Å²) in [4.78, 5) is 14.5. The third-order valence-electron chi connectivity index (χ3n) is 5.62. The van der Waals surface area contributed by atoms with Gasteiger partial charge in [-0.1, -0.05) is 0 Å². The van der Waals surface area contributed by atoms with Crippen LogP contribution in [0.4, 0.5) is 0 Å². The molecule has 0 spiro atoms. The second-order valence-corrected chi connectivity index (χ2v) is 9.47. The van der Waals surface area contributed by atoms with Crippen LogP contribution >= 0.6 is 0 Å². The van der Waals surface area contributed by atoms with Gasteiger partial charge in [-0.3, -0.25) is 14.4 Å². The number of fused-ring (bicyclic) bond motifs is 3. The highest BCUT2D eigenvalue weighted by Crippen LogP contribution is 2.36. The van der Waals surface area contributed by atoms with Gasteiger partial charge in [-0.2, -0.15) is 9.40 Å². The molecule has 1 saturated carbocycles. The van der Waals surface area contributed by atoms with E-state index in [2.05, 4.69) is 15.3 Å². The Hall–Kier alpha value is -1.45. The molecule has 2 aliphatic heterocycles. The smallest absolute Gasteiger partial charge is 0.234 e. The molecule has 2 atom stereocenters. The Morgan fingerprint density at radius 2 is 2.20 bits per heavy atom. The molecule has 2 bridgehead atoms.